The van der Waals surface area contributed by atoms with E-state index >= 15 is 0 Å². The van der Waals surface area contributed by atoms with E-state index in [2.05, 4.69) is 10.3 Å². The normalized spacial score (nSPS) is 19.3. The molecule has 0 saturated carbocycles. The van der Waals surface area contributed by atoms with Crippen molar-refractivity contribution in [3.8, 4) is 5.75 Å². The minimum atomic E-state index is -3.05. The number of sulfonamides is 1. The molecule has 0 unspecified atom stereocenters. The molecule has 1 aliphatic heterocycles. The zero-order valence-corrected chi connectivity index (χ0v) is 13.3. The molecule has 0 aliphatic carbocycles. The molecule has 2 heterocycles. The molecule has 1 aliphatic rings. The Bertz CT molecular complexity index is 528. The van der Waals surface area contributed by atoms with Gasteiger partial charge in [0.15, 0.2) is 0 Å². The first-order chi connectivity index (χ1) is 9.95. The summed E-state index contributed by atoms with van der Waals surface area (Å²) in [6.07, 6.45) is 6.40. The molecular weight excluding hydrogens is 290 g/mol. The number of hydrogen-bond acceptors (Lipinski definition) is 5. The van der Waals surface area contributed by atoms with E-state index < -0.39 is 10.0 Å². The van der Waals surface area contributed by atoms with E-state index in [1.165, 1.54) is 6.26 Å². The van der Waals surface area contributed by atoms with Gasteiger partial charge in [-0.2, -0.15) is 0 Å². The van der Waals surface area contributed by atoms with Gasteiger partial charge in [0.25, 0.3) is 0 Å². The predicted octanol–water partition coefficient (Wildman–Crippen LogP) is 0.863. The van der Waals surface area contributed by atoms with Gasteiger partial charge in [-0.25, -0.2) is 12.7 Å². The molecule has 1 aromatic rings. The van der Waals surface area contributed by atoms with Crippen LogP contribution >= 0.6 is 0 Å². The standard InChI is InChI=1S/C14H23N3O3S/c1-12(20-14-4-3-7-15-11-14)10-16-13-5-8-17(9-6-13)21(2,18)19/h3-4,7,11-13,16H,5-6,8-10H2,1-2H3/t12-/m0/s1. The molecule has 6 nitrogen and oxygen atoms in total. The van der Waals surface area contributed by atoms with Gasteiger partial charge >= 0.3 is 0 Å². The summed E-state index contributed by atoms with van der Waals surface area (Å²) in [6.45, 7) is 3.92. The van der Waals surface area contributed by atoms with E-state index in [4.69, 9.17) is 4.74 Å². The molecule has 1 fully saturated rings. The number of nitrogens with zero attached hydrogens (tertiary/aromatic N) is 2. The van der Waals surface area contributed by atoms with Gasteiger partial charge < -0.3 is 10.1 Å². The first-order valence-corrected chi connectivity index (χ1v) is 9.05. The van der Waals surface area contributed by atoms with Gasteiger partial charge in [-0.1, -0.05) is 0 Å². The highest BCUT2D eigenvalue weighted by Crippen LogP contribution is 2.14. The van der Waals surface area contributed by atoms with Gasteiger partial charge in [-0.15, -0.1) is 0 Å². The van der Waals surface area contributed by atoms with Crippen LogP contribution in [0, 0.1) is 0 Å². The van der Waals surface area contributed by atoms with E-state index in [1.54, 1.807) is 16.7 Å². The Morgan fingerprint density at radius 3 is 2.76 bits per heavy atom. The Labute approximate surface area is 126 Å². The maximum atomic E-state index is 11.4. The van der Waals surface area contributed by atoms with Crippen molar-refractivity contribution in [1.82, 2.24) is 14.6 Å². The van der Waals surface area contributed by atoms with Crippen molar-refractivity contribution in [3.63, 3.8) is 0 Å². The third kappa shape index (κ3) is 5.26. The summed E-state index contributed by atoms with van der Waals surface area (Å²) in [5.74, 6) is 0.763. The van der Waals surface area contributed by atoms with Crippen LogP contribution in [0.15, 0.2) is 24.5 Å². The van der Waals surface area contributed by atoms with Crippen LogP contribution in [-0.2, 0) is 10.0 Å². The van der Waals surface area contributed by atoms with Crippen LogP contribution in [0.5, 0.6) is 5.75 Å². The van der Waals surface area contributed by atoms with Gasteiger partial charge in [0, 0.05) is 31.9 Å². The summed E-state index contributed by atoms with van der Waals surface area (Å²) in [4.78, 5) is 4.01. The summed E-state index contributed by atoms with van der Waals surface area (Å²) in [6, 6.07) is 4.08. The van der Waals surface area contributed by atoms with E-state index in [0.29, 0.717) is 19.1 Å². The molecule has 1 saturated heterocycles. The lowest BCUT2D eigenvalue weighted by Gasteiger charge is -2.31. The summed E-state index contributed by atoms with van der Waals surface area (Å²) >= 11 is 0. The summed E-state index contributed by atoms with van der Waals surface area (Å²) in [7, 11) is -3.05. The molecular formula is C14H23N3O3S. The number of ether oxygens (including phenoxy) is 1. The fraction of sp³-hybridized carbons (Fsp3) is 0.643. The number of piperidine rings is 1. The zero-order chi connectivity index (χ0) is 15.3. The van der Waals surface area contributed by atoms with Gasteiger partial charge in [0.1, 0.15) is 11.9 Å². The van der Waals surface area contributed by atoms with E-state index in [0.717, 1.165) is 25.1 Å². The highest BCUT2D eigenvalue weighted by molar-refractivity contribution is 7.88. The van der Waals surface area contributed by atoms with Crippen LogP contribution in [-0.4, -0.2) is 55.7 Å². The Kier molecular flexibility index (Phi) is 5.55. The Morgan fingerprint density at radius 1 is 1.48 bits per heavy atom. The van der Waals surface area contributed by atoms with Crippen molar-refractivity contribution in [2.75, 3.05) is 25.9 Å². The van der Waals surface area contributed by atoms with Crippen molar-refractivity contribution in [1.29, 1.82) is 0 Å². The minimum Gasteiger partial charge on any atom is -0.488 e. The SMILES string of the molecule is C[C@@H](CNC1CCN(S(C)(=O)=O)CC1)Oc1cccnc1. The van der Waals surface area contributed by atoms with Crippen LogP contribution in [0.1, 0.15) is 19.8 Å². The molecule has 0 amide bonds. The lowest BCUT2D eigenvalue weighted by Crippen LogP contribution is -2.46. The number of pyridine rings is 1. The first kappa shape index (κ1) is 16.2. The van der Waals surface area contributed by atoms with Crippen molar-refractivity contribution in [3.05, 3.63) is 24.5 Å². The molecule has 21 heavy (non-hydrogen) atoms. The molecule has 1 atom stereocenters. The quantitative estimate of drug-likeness (QED) is 0.843. The molecule has 0 spiro atoms. The highest BCUT2D eigenvalue weighted by Gasteiger charge is 2.24. The molecule has 118 valence electrons. The van der Waals surface area contributed by atoms with Gasteiger partial charge in [-0.3, -0.25) is 4.98 Å². The van der Waals surface area contributed by atoms with E-state index in [9.17, 15) is 8.42 Å². The predicted molar refractivity (Wildman–Crippen MR) is 81.8 cm³/mol. The lowest BCUT2D eigenvalue weighted by atomic mass is 10.1. The smallest absolute Gasteiger partial charge is 0.211 e. The monoisotopic (exact) mass is 313 g/mol. The maximum Gasteiger partial charge on any atom is 0.211 e. The van der Waals surface area contributed by atoms with Crippen LogP contribution in [0.4, 0.5) is 0 Å². The number of hydrogen-bond donors (Lipinski definition) is 1. The highest BCUT2D eigenvalue weighted by atomic mass is 32.2. The molecule has 0 bridgehead atoms. The topological polar surface area (TPSA) is 71.5 Å². The first-order valence-electron chi connectivity index (χ1n) is 7.20. The largest absolute Gasteiger partial charge is 0.488 e. The third-order valence-electron chi connectivity index (χ3n) is 3.59. The summed E-state index contributed by atoms with van der Waals surface area (Å²) < 4.78 is 30.2. The van der Waals surface area contributed by atoms with Crippen molar-refractivity contribution in [2.45, 2.75) is 31.9 Å². The number of aromatic nitrogens is 1. The van der Waals surface area contributed by atoms with E-state index in [-0.39, 0.29) is 6.10 Å². The summed E-state index contributed by atoms with van der Waals surface area (Å²) in [5.41, 5.74) is 0. The molecule has 1 aromatic heterocycles. The Morgan fingerprint density at radius 2 is 2.19 bits per heavy atom. The van der Waals surface area contributed by atoms with Gasteiger partial charge in [0.05, 0.1) is 12.5 Å². The molecule has 2 rings (SSSR count). The average molecular weight is 313 g/mol. The van der Waals surface area contributed by atoms with Crippen LogP contribution in [0.25, 0.3) is 0 Å². The fourth-order valence-corrected chi connectivity index (χ4v) is 3.29. The second-order valence-corrected chi connectivity index (χ2v) is 7.44. The minimum absolute atomic E-state index is 0.0436. The van der Waals surface area contributed by atoms with Gasteiger partial charge in [-0.05, 0) is 31.9 Å². The van der Waals surface area contributed by atoms with Crippen LogP contribution in [0.2, 0.25) is 0 Å². The second kappa shape index (κ2) is 7.20. The molecule has 1 N–H and O–H groups in total. The molecule has 0 radical (unpaired) electrons. The van der Waals surface area contributed by atoms with Crippen LogP contribution in [0.3, 0.4) is 0 Å². The van der Waals surface area contributed by atoms with Crippen LogP contribution < -0.4 is 10.1 Å². The van der Waals surface area contributed by atoms with Crippen molar-refractivity contribution in [2.24, 2.45) is 0 Å². The molecule has 0 aromatic carbocycles. The number of nitrogens with one attached hydrogen (secondary N) is 1. The van der Waals surface area contributed by atoms with Crippen molar-refractivity contribution >= 4 is 10.0 Å². The Balaban J connectivity index is 1.70. The third-order valence-corrected chi connectivity index (χ3v) is 4.89. The second-order valence-electron chi connectivity index (χ2n) is 5.46. The summed E-state index contributed by atoms with van der Waals surface area (Å²) in [5, 5.41) is 3.45. The van der Waals surface area contributed by atoms with Crippen molar-refractivity contribution < 1.29 is 13.2 Å². The van der Waals surface area contributed by atoms with Gasteiger partial charge in [0.2, 0.25) is 10.0 Å². The molecule has 7 heteroatoms. The zero-order valence-electron chi connectivity index (χ0n) is 12.5. The maximum absolute atomic E-state index is 11.4. The lowest BCUT2D eigenvalue weighted by molar-refractivity contribution is 0.199. The fourth-order valence-electron chi connectivity index (χ4n) is 2.41. The average Bonchev–Trinajstić information content (AvgIpc) is 2.46. The number of rotatable bonds is 6. The van der Waals surface area contributed by atoms with E-state index in [1.807, 2.05) is 19.1 Å². The Hall–Kier alpha value is -1.18.